The average molecular weight is 285 g/mol. The number of benzene rings is 1. The van der Waals surface area contributed by atoms with Crippen LogP contribution in [0.5, 0.6) is 0 Å². The summed E-state index contributed by atoms with van der Waals surface area (Å²) in [4.78, 5) is 13.2. The van der Waals surface area contributed by atoms with Crippen molar-refractivity contribution in [3.05, 3.63) is 35.2 Å². The highest BCUT2D eigenvalue weighted by Crippen LogP contribution is 2.35. The van der Waals surface area contributed by atoms with Gasteiger partial charge in [0.15, 0.2) is 5.82 Å². The van der Waals surface area contributed by atoms with E-state index in [1.54, 1.807) is 12.1 Å². The number of hydrogen-bond acceptors (Lipinski definition) is 5. The Balaban J connectivity index is 1.59. The van der Waals surface area contributed by atoms with Crippen LogP contribution in [0.15, 0.2) is 18.2 Å². The van der Waals surface area contributed by atoms with Gasteiger partial charge in [0.25, 0.3) is 0 Å². The lowest BCUT2D eigenvalue weighted by atomic mass is 10.1. The number of tetrazole rings is 1. The summed E-state index contributed by atoms with van der Waals surface area (Å²) in [6, 6.07) is 5.77. The number of fused-ring (bicyclic) bond motifs is 1. The fourth-order valence-electron chi connectivity index (χ4n) is 2.86. The maximum Gasteiger partial charge on any atom is 0.335 e. The van der Waals surface area contributed by atoms with Gasteiger partial charge in [-0.2, -0.15) is 0 Å². The highest BCUT2D eigenvalue weighted by atomic mass is 16.4. The van der Waals surface area contributed by atoms with Gasteiger partial charge in [-0.25, -0.2) is 9.48 Å². The molecule has 2 heterocycles. The molecule has 0 amide bonds. The smallest absolute Gasteiger partial charge is 0.335 e. The molecular formula is C14H15N5O2. The SMILES string of the molecule is O=C(O)c1ccc2c(c1)CCN2Cc1nnnn1C1CC1. The molecule has 0 spiro atoms. The zero-order valence-corrected chi connectivity index (χ0v) is 11.4. The van der Waals surface area contributed by atoms with Crippen molar-refractivity contribution >= 4 is 11.7 Å². The minimum atomic E-state index is -0.881. The molecule has 0 atom stereocenters. The molecule has 1 N–H and O–H groups in total. The zero-order valence-electron chi connectivity index (χ0n) is 11.4. The summed E-state index contributed by atoms with van der Waals surface area (Å²) < 4.78 is 1.92. The molecule has 1 aromatic heterocycles. The summed E-state index contributed by atoms with van der Waals surface area (Å²) in [7, 11) is 0. The van der Waals surface area contributed by atoms with Crippen LogP contribution in [-0.2, 0) is 13.0 Å². The third-order valence-corrected chi connectivity index (χ3v) is 4.10. The molecule has 0 unspecified atom stereocenters. The summed E-state index contributed by atoms with van der Waals surface area (Å²) in [6.45, 7) is 1.54. The molecule has 1 aliphatic heterocycles. The number of carboxylic acids is 1. The van der Waals surface area contributed by atoms with E-state index in [9.17, 15) is 4.79 Å². The zero-order chi connectivity index (χ0) is 14.4. The Kier molecular flexibility index (Phi) is 2.66. The number of aromatic carboxylic acids is 1. The molecule has 0 saturated heterocycles. The molecule has 1 aromatic carbocycles. The number of anilines is 1. The Hall–Kier alpha value is -2.44. The highest BCUT2D eigenvalue weighted by molar-refractivity contribution is 5.88. The van der Waals surface area contributed by atoms with Gasteiger partial charge in [0.1, 0.15) is 0 Å². The second-order valence-electron chi connectivity index (χ2n) is 5.59. The molecule has 7 heteroatoms. The van der Waals surface area contributed by atoms with Crippen LogP contribution in [-0.4, -0.2) is 37.8 Å². The monoisotopic (exact) mass is 285 g/mol. The van der Waals surface area contributed by atoms with E-state index in [0.29, 0.717) is 18.2 Å². The Bertz CT molecular complexity index is 707. The van der Waals surface area contributed by atoms with Crippen molar-refractivity contribution in [2.45, 2.75) is 31.8 Å². The van der Waals surface area contributed by atoms with Crippen molar-refractivity contribution in [2.75, 3.05) is 11.4 Å². The molecule has 21 heavy (non-hydrogen) atoms. The lowest BCUT2D eigenvalue weighted by molar-refractivity contribution is 0.0697. The van der Waals surface area contributed by atoms with Crippen LogP contribution in [0.2, 0.25) is 0 Å². The topological polar surface area (TPSA) is 84.1 Å². The van der Waals surface area contributed by atoms with Crippen LogP contribution in [0.1, 0.15) is 40.6 Å². The van der Waals surface area contributed by atoms with Gasteiger partial charge in [-0.05, 0) is 53.5 Å². The predicted molar refractivity (Wildman–Crippen MR) is 74.2 cm³/mol. The first-order valence-corrected chi connectivity index (χ1v) is 7.10. The van der Waals surface area contributed by atoms with Crippen LogP contribution in [0.25, 0.3) is 0 Å². The van der Waals surface area contributed by atoms with Crippen molar-refractivity contribution in [3.8, 4) is 0 Å². The number of hydrogen-bond donors (Lipinski definition) is 1. The lowest BCUT2D eigenvalue weighted by Crippen LogP contribution is -2.22. The van der Waals surface area contributed by atoms with Crippen molar-refractivity contribution in [2.24, 2.45) is 0 Å². The van der Waals surface area contributed by atoms with E-state index in [1.165, 1.54) is 0 Å². The van der Waals surface area contributed by atoms with Gasteiger partial charge in [0, 0.05) is 12.2 Å². The van der Waals surface area contributed by atoms with Gasteiger partial charge >= 0.3 is 5.97 Å². The average Bonchev–Trinajstić information content (AvgIpc) is 3.09. The second kappa shape index (κ2) is 4.54. The molecule has 0 radical (unpaired) electrons. The summed E-state index contributed by atoms with van der Waals surface area (Å²) >= 11 is 0. The second-order valence-corrected chi connectivity index (χ2v) is 5.59. The van der Waals surface area contributed by atoms with Crippen molar-refractivity contribution < 1.29 is 9.90 Å². The van der Waals surface area contributed by atoms with Crippen LogP contribution < -0.4 is 4.90 Å². The Morgan fingerprint density at radius 2 is 2.24 bits per heavy atom. The van der Waals surface area contributed by atoms with E-state index in [1.807, 2.05) is 10.7 Å². The normalized spacial score (nSPS) is 17.0. The Labute approximate surface area is 121 Å². The van der Waals surface area contributed by atoms with Gasteiger partial charge < -0.3 is 10.0 Å². The maximum atomic E-state index is 11.0. The van der Waals surface area contributed by atoms with Gasteiger partial charge in [-0.15, -0.1) is 5.10 Å². The fourth-order valence-corrected chi connectivity index (χ4v) is 2.86. The largest absolute Gasteiger partial charge is 0.478 e. The van der Waals surface area contributed by atoms with Crippen LogP contribution >= 0.6 is 0 Å². The van der Waals surface area contributed by atoms with Gasteiger partial charge in [-0.1, -0.05) is 0 Å². The number of carbonyl (C=O) groups is 1. The molecular weight excluding hydrogens is 270 g/mol. The number of nitrogens with zero attached hydrogens (tertiary/aromatic N) is 5. The van der Waals surface area contributed by atoms with Crippen LogP contribution in [0.3, 0.4) is 0 Å². The van der Waals surface area contributed by atoms with Crippen LogP contribution in [0, 0.1) is 0 Å². The van der Waals surface area contributed by atoms with E-state index >= 15 is 0 Å². The summed E-state index contributed by atoms with van der Waals surface area (Å²) in [5.41, 5.74) is 2.52. The molecule has 2 aliphatic rings. The van der Waals surface area contributed by atoms with Gasteiger partial charge in [0.2, 0.25) is 0 Å². The molecule has 7 nitrogen and oxygen atoms in total. The fraction of sp³-hybridized carbons (Fsp3) is 0.429. The minimum Gasteiger partial charge on any atom is -0.478 e. The molecule has 108 valence electrons. The van der Waals surface area contributed by atoms with E-state index in [4.69, 9.17) is 5.11 Å². The van der Waals surface area contributed by atoms with E-state index in [2.05, 4.69) is 20.4 Å². The maximum absolute atomic E-state index is 11.0. The summed E-state index contributed by atoms with van der Waals surface area (Å²) in [5.74, 6) is 0.00147. The number of carboxylic acid groups (broad SMARTS) is 1. The third kappa shape index (κ3) is 2.14. The van der Waals surface area contributed by atoms with Crippen LogP contribution in [0.4, 0.5) is 5.69 Å². The first-order chi connectivity index (χ1) is 10.2. The Morgan fingerprint density at radius 3 is 3.00 bits per heavy atom. The van der Waals surface area contributed by atoms with Crippen molar-refractivity contribution in [1.82, 2.24) is 20.2 Å². The summed E-state index contributed by atoms with van der Waals surface area (Å²) in [6.07, 6.45) is 3.16. The predicted octanol–water partition coefficient (Wildman–Crippen LogP) is 1.27. The molecule has 4 rings (SSSR count). The van der Waals surface area contributed by atoms with E-state index in [-0.39, 0.29) is 0 Å². The third-order valence-electron chi connectivity index (χ3n) is 4.10. The highest BCUT2D eigenvalue weighted by Gasteiger charge is 2.29. The minimum absolute atomic E-state index is 0.346. The molecule has 1 fully saturated rings. The molecule has 1 aliphatic carbocycles. The van der Waals surface area contributed by atoms with E-state index in [0.717, 1.165) is 42.9 Å². The first kappa shape index (κ1) is 12.3. The molecule has 2 aromatic rings. The molecule has 0 bridgehead atoms. The summed E-state index contributed by atoms with van der Waals surface area (Å²) in [5, 5.41) is 21.0. The quantitative estimate of drug-likeness (QED) is 0.910. The Morgan fingerprint density at radius 1 is 1.38 bits per heavy atom. The first-order valence-electron chi connectivity index (χ1n) is 7.10. The van der Waals surface area contributed by atoms with Crippen molar-refractivity contribution in [1.29, 1.82) is 0 Å². The standard InChI is InChI=1S/C14H15N5O2/c20-14(21)10-1-4-12-9(7-10)5-6-18(12)8-13-15-16-17-19(13)11-2-3-11/h1,4,7,11H,2-3,5-6,8H2,(H,20,21). The van der Waals surface area contributed by atoms with Crippen molar-refractivity contribution in [3.63, 3.8) is 0 Å². The van der Waals surface area contributed by atoms with Gasteiger partial charge in [0.05, 0.1) is 18.2 Å². The van der Waals surface area contributed by atoms with Gasteiger partial charge in [-0.3, -0.25) is 0 Å². The van der Waals surface area contributed by atoms with E-state index < -0.39 is 5.97 Å². The number of rotatable bonds is 4. The number of aromatic nitrogens is 4. The molecule has 1 saturated carbocycles. The lowest BCUT2D eigenvalue weighted by Gasteiger charge is -2.18.